The van der Waals surface area contributed by atoms with E-state index in [1.165, 1.54) is 17.0 Å². The van der Waals surface area contributed by atoms with Crippen molar-refractivity contribution in [3.05, 3.63) is 29.6 Å². The SMILES string of the molecule is O=C(O)N1CCC(CCCOc2ccc(C(=O)N3CCCC3)c(F)c2)CC1. The van der Waals surface area contributed by atoms with Crippen molar-refractivity contribution >= 4 is 12.0 Å². The highest BCUT2D eigenvalue weighted by atomic mass is 19.1. The van der Waals surface area contributed by atoms with E-state index >= 15 is 0 Å². The minimum Gasteiger partial charge on any atom is -0.493 e. The van der Waals surface area contributed by atoms with Gasteiger partial charge in [0.1, 0.15) is 11.6 Å². The van der Waals surface area contributed by atoms with Crippen LogP contribution in [0.3, 0.4) is 0 Å². The van der Waals surface area contributed by atoms with Crippen molar-refractivity contribution < 1.29 is 23.8 Å². The van der Waals surface area contributed by atoms with E-state index < -0.39 is 11.9 Å². The lowest BCUT2D eigenvalue weighted by molar-refractivity contribution is 0.0788. The third-order valence-electron chi connectivity index (χ3n) is 5.47. The van der Waals surface area contributed by atoms with Crippen molar-refractivity contribution in [2.75, 3.05) is 32.8 Å². The van der Waals surface area contributed by atoms with Crippen LogP contribution in [0.2, 0.25) is 0 Å². The molecule has 1 aromatic rings. The second kappa shape index (κ2) is 9.06. The molecule has 0 aliphatic carbocycles. The van der Waals surface area contributed by atoms with Gasteiger partial charge in [-0.2, -0.15) is 0 Å². The quantitative estimate of drug-likeness (QED) is 0.768. The van der Waals surface area contributed by atoms with E-state index in [2.05, 4.69) is 0 Å². The molecule has 2 heterocycles. The molecule has 2 saturated heterocycles. The van der Waals surface area contributed by atoms with E-state index in [1.54, 1.807) is 11.0 Å². The highest BCUT2D eigenvalue weighted by Crippen LogP contribution is 2.23. The first kappa shape index (κ1) is 19.5. The summed E-state index contributed by atoms with van der Waals surface area (Å²) in [6.45, 7) is 3.07. The number of amides is 2. The van der Waals surface area contributed by atoms with Crippen molar-refractivity contribution in [2.24, 2.45) is 5.92 Å². The van der Waals surface area contributed by atoms with Gasteiger partial charge in [-0.3, -0.25) is 4.79 Å². The molecule has 3 rings (SSSR count). The number of rotatable bonds is 6. The maximum atomic E-state index is 14.3. The van der Waals surface area contributed by atoms with E-state index in [1.807, 2.05) is 0 Å². The summed E-state index contributed by atoms with van der Waals surface area (Å²) in [6, 6.07) is 4.44. The van der Waals surface area contributed by atoms with E-state index in [4.69, 9.17) is 9.84 Å². The van der Waals surface area contributed by atoms with Gasteiger partial charge >= 0.3 is 6.09 Å². The van der Waals surface area contributed by atoms with E-state index in [9.17, 15) is 14.0 Å². The van der Waals surface area contributed by atoms with Crippen molar-refractivity contribution in [3.63, 3.8) is 0 Å². The second-order valence-electron chi connectivity index (χ2n) is 7.34. The second-order valence-corrected chi connectivity index (χ2v) is 7.34. The molecule has 0 spiro atoms. The smallest absolute Gasteiger partial charge is 0.407 e. The highest BCUT2D eigenvalue weighted by molar-refractivity contribution is 5.94. The number of hydrogen-bond acceptors (Lipinski definition) is 3. The number of likely N-dealkylation sites (tertiary alicyclic amines) is 2. The normalized spacial score (nSPS) is 18.0. The summed E-state index contributed by atoms with van der Waals surface area (Å²) >= 11 is 0. The molecule has 2 fully saturated rings. The van der Waals surface area contributed by atoms with Crippen molar-refractivity contribution in [1.29, 1.82) is 0 Å². The predicted molar refractivity (Wildman–Crippen MR) is 98.6 cm³/mol. The number of benzene rings is 1. The maximum Gasteiger partial charge on any atom is 0.407 e. The Bertz CT molecular complexity index is 668. The molecule has 0 aromatic heterocycles. The molecule has 2 amide bonds. The Balaban J connectivity index is 1.40. The molecule has 7 heteroatoms. The van der Waals surface area contributed by atoms with Crippen LogP contribution >= 0.6 is 0 Å². The molecule has 0 radical (unpaired) electrons. The Hall–Kier alpha value is -2.31. The number of halogens is 1. The van der Waals surface area contributed by atoms with Gasteiger partial charge in [0, 0.05) is 32.2 Å². The van der Waals surface area contributed by atoms with Crippen molar-refractivity contribution in [1.82, 2.24) is 9.80 Å². The summed E-state index contributed by atoms with van der Waals surface area (Å²) in [5.74, 6) is 0.169. The van der Waals surface area contributed by atoms with E-state index in [0.29, 0.717) is 44.5 Å². The maximum absolute atomic E-state index is 14.3. The van der Waals surface area contributed by atoms with Gasteiger partial charge in [-0.15, -0.1) is 0 Å². The molecule has 0 unspecified atom stereocenters. The molecule has 27 heavy (non-hydrogen) atoms. The third kappa shape index (κ3) is 5.11. The zero-order chi connectivity index (χ0) is 19.2. The largest absolute Gasteiger partial charge is 0.493 e. The zero-order valence-corrected chi connectivity index (χ0v) is 15.5. The summed E-state index contributed by atoms with van der Waals surface area (Å²) < 4.78 is 19.9. The number of hydrogen-bond donors (Lipinski definition) is 1. The lowest BCUT2D eigenvalue weighted by atomic mass is 9.92. The van der Waals surface area contributed by atoms with Crippen molar-refractivity contribution in [2.45, 2.75) is 38.5 Å². The van der Waals surface area contributed by atoms with Gasteiger partial charge in [0.25, 0.3) is 5.91 Å². The van der Waals surface area contributed by atoms with Crippen LogP contribution in [-0.4, -0.2) is 59.7 Å². The average Bonchev–Trinajstić information content (AvgIpc) is 3.20. The zero-order valence-electron chi connectivity index (χ0n) is 15.5. The van der Waals surface area contributed by atoms with Gasteiger partial charge in [0.05, 0.1) is 12.2 Å². The fraction of sp³-hybridized carbons (Fsp3) is 0.600. The summed E-state index contributed by atoms with van der Waals surface area (Å²) in [7, 11) is 0. The first-order chi connectivity index (χ1) is 13.0. The molecule has 2 aliphatic heterocycles. The first-order valence-corrected chi connectivity index (χ1v) is 9.74. The van der Waals surface area contributed by atoms with Crippen LogP contribution in [0.15, 0.2) is 18.2 Å². The standard InChI is InChI=1S/C20H27FN2O4/c21-18-14-16(5-6-17(18)19(24)22-9-1-2-10-22)27-13-3-4-15-7-11-23(12-8-15)20(25)26/h5-6,14-15H,1-4,7-13H2,(H,25,26). The Kier molecular flexibility index (Phi) is 6.53. The number of nitrogens with zero attached hydrogens (tertiary/aromatic N) is 2. The number of piperidine rings is 1. The number of carbonyl (C=O) groups is 2. The molecular weight excluding hydrogens is 351 g/mol. The van der Waals surface area contributed by atoms with Gasteiger partial charge in [0.2, 0.25) is 0 Å². The summed E-state index contributed by atoms with van der Waals surface area (Å²) in [4.78, 5) is 26.3. The summed E-state index contributed by atoms with van der Waals surface area (Å²) in [6.07, 6.45) is 4.69. The molecule has 0 atom stereocenters. The van der Waals surface area contributed by atoms with Crippen LogP contribution in [0.1, 0.15) is 48.9 Å². The third-order valence-corrected chi connectivity index (χ3v) is 5.47. The summed E-state index contributed by atoms with van der Waals surface area (Å²) in [5, 5.41) is 8.95. The van der Waals surface area contributed by atoms with Gasteiger partial charge in [-0.05, 0) is 56.6 Å². The van der Waals surface area contributed by atoms with Crippen LogP contribution in [0.4, 0.5) is 9.18 Å². The van der Waals surface area contributed by atoms with Crippen molar-refractivity contribution in [3.8, 4) is 5.75 Å². The molecule has 1 N–H and O–H groups in total. The topological polar surface area (TPSA) is 70.1 Å². The highest BCUT2D eigenvalue weighted by Gasteiger charge is 2.23. The first-order valence-electron chi connectivity index (χ1n) is 9.74. The van der Waals surface area contributed by atoms with Crippen LogP contribution in [0, 0.1) is 11.7 Å². The van der Waals surface area contributed by atoms with Crippen LogP contribution in [-0.2, 0) is 0 Å². The number of carbonyl (C=O) groups excluding carboxylic acids is 1. The Morgan fingerprint density at radius 3 is 2.44 bits per heavy atom. The molecule has 1 aromatic carbocycles. The summed E-state index contributed by atoms with van der Waals surface area (Å²) in [5.41, 5.74) is 0.106. The fourth-order valence-corrected chi connectivity index (χ4v) is 3.82. The molecule has 0 saturated carbocycles. The van der Waals surface area contributed by atoms with Crippen LogP contribution in [0.5, 0.6) is 5.75 Å². The van der Waals surface area contributed by atoms with Gasteiger partial charge in [-0.1, -0.05) is 0 Å². The minimum atomic E-state index is -0.842. The minimum absolute atomic E-state index is 0.106. The van der Waals surface area contributed by atoms with Gasteiger partial charge in [0.15, 0.2) is 0 Å². The molecular formula is C20H27FN2O4. The fourth-order valence-electron chi connectivity index (χ4n) is 3.82. The van der Waals surface area contributed by atoms with Gasteiger partial charge in [-0.25, -0.2) is 9.18 Å². The molecule has 0 bridgehead atoms. The van der Waals surface area contributed by atoms with Crippen LogP contribution < -0.4 is 4.74 Å². The molecule has 2 aliphatic rings. The lowest BCUT2D eigenvalue weighted by Crippen LogP contribution is -2.37. The number of ether oxygens (including phenoxy) is 1. The Morgan fingerprint density at radius 1 is 1.11 bits per heavy atom. The monoisotopic (exact) mass is 378 g/mol. The molecule has 6 nitrogen and oxygen atoms in total. The number of carboxylic acid groups (broad SMARTS) is 1. The van der Waals surface area contributed by atoms with E-state index in [0.717, 1.165) is 38.5 Å². The average molecular weight is 378 g/mol. The Morgan fingerprint density at radius 2 is 1.81 bits per heavy atom. The Labute approximate surface area is 158 Å². The molecule has 148 valence electrons. The predicted octanol–water partition coefficient (Wildman–Crippen LogP) is 3.61. The lowest BCUT2D eigenvalue weighted by Gasteiger charge is -2.29. The van der Waals surface area contributed by atoms with E-state index in [-0.39, 0.29) is 11.5 Å². The van der Waals surface area contributed by atoms with Gasteiger partial charge < -0.3 is 19.6 Å². The van der Waals surface area contributed by atoms with Crippen LogP contribution in [0.25, 0.3) is 0 Å².